The Morgan fingerprint density at radius 3 is 2.58 bits per heavy atom. The molecule has 1 aromatic carbocycles. The molecule has 140 valence electrons. The number of amides is 3. The van der Waals surface area contributed by atoms with E-state index in [0.717, 1.165) is 5.56 Å². The summed E-state index contributed by atoms with van der Waals surface area (Å²) in [5, 5.41) is 2.80. The monoisotopic (exact) mass is 361 g/mol. The van der Waals surface area contributed by atoms with Crippen LogP contribution in [0.3, 0.4) is 0 Å². The number of piperidine rings is 1. The number of nitrogens with two attached hydrogens (primary N) is 1. The number of carbonyl (C=O) groups is 3. The van der Waals surface area contributed by atoms with E-state index in [1.165, 1.54) is 0 Å². The smallest absolute Gasteiger partial charge is 0.231 e. The molecular formula is C18H23N3O5. The first-order chi connectivity index (χ1) is 12.5. The number of primary amides is 1. The lowest BCUT2D eigenvalue weighted by Gasteiger charge is -2.30. The SMILES string of the molecule is NC(=O)C1CCN(C(=O)CCC(=O)NCc2ccc3c(c2)OCO3)CC1. The van der Waals surface area contributed by atoms with E-state index >= 15 is 0 Å². The fourth-order valence-electron chi connectivity index (χ4n) is 3.13. The Labute approximate surface area is 151 Å². The van der Waals surface area contributed by atoms with Gasteiger partial charge in [-0.2, -0.15) is 0 Å². The van der Waals surface area contributed by atoms with Crippen molar-refractivity contribution < 1.29 is 23.9 Å². The Morgan fingerprint density at radius 2 is 1.85 bits per heavy atom. The van der Waals surface area contributed by atoms with Gasteiger partial charge in [0.05, 0.1) is 0 Å². The van der Waals surface area contributed by atoms with Gasteiger partial charge in [0, 0.05) is 38.4 Å². The van der Waals surface area contributed by atoms with Gasteiger partial charge in [0.2, 0.25) is 24.5 Å². The summed E-state index contributed by atoms with van der Waals surface area (Å²) in [5.74, 6) is 0.676. The summed E-state index contributed by atoms with van der Waals surface area (Å²) in [4.78, 5) is 37.0. The number of benzene rings is 1. The Hall–Kier alpha value is -2.77. The molecule has 8 nitrogen and oxygen atoms in total. The molecule has 26 heavy (non-hydrogen) atoms. The Balaban J connectivity index is 1.37. The molecule has 3 amide bonds. The van der Waals surface area contributed by atoms with Gasteiger partial charge in [-0.3, -0.25) is 14.4 Å². The van der Waals surface area contributed by atoms with Crippen molar-refractivity contribution in [2.24, 2.45) is 11.7 Å². The summed E-state index contributed by atoms with van der Waals surface area (Å²) in [6, 6.07) is 5.50. The zero-order chi connectivity index (χ0) is 18.5. The summed E-state index contributed by atoms with van der Waals surface area (Å²) in [6.07, 6.45) is 1.49. The summed E-state index contributed by atoms with van der Waals surface area (Å²) in [5.41, 5.74) is 6.19. The van der Waals surface area contributed by atoms with Crippen molar-refractivity contribution in [3.63, 3.8) is 0 Å². The molecule has 0 aromatic heterocycles. The van der Waals surface area contributed by atoms with Gasteiger partial charge in [0.1, 0.15) is 0 Å². The molecule has 0 atom stereocenters. The highest BCUT2D eigenvalue weighted by Gasteiger charge is 2.25. The normalized spacial score (nSPS) is 16.4. The van der Waals surface area contributed by atoms with Gasteiger partial charge in [-0.15, -0.1) is 0 Å². The van der Waals surface area contributed by atoms with Crippen LogP contribution in [0, 0.1) is 5.92 Å². The van der Waals surface area contributed by atoms with E-state index < -0.39 is 0 Å². The maximum Gasteiger partial charge on any atom is 0.231 e. The Morgan fingerprint density at radius 1 is 1.12 bits per heavy atom. The molecule has 0 spiro atoms. The number of hydrogen-bond donors (Lipinski definition) is 2. The largest absolute Gasteiger partial charge is 0.454 e. The minimum Gasteiger partial charge on any atom is -0.454 e. The number of hydrogen-bond acceptors (Lipinski definition) is 5. The second kappa shape index (κ2) is 8.07. The van der Waals surface area contributed by atoms with Gasteiger partial charge in [-0.1, -0.05) is 6.07 Å². The van der Waals surface area contributed by atoms with Crippen molar-refractivity contribution in [1.29, 1.82) is 0 Å². The van der Waals surface area contributed by atoms with Crippen molar-refractivity contribution in [3.8, 4) is 11.5 Å². The summed E-state index contributed by atoms with van der Waals surface area (Å²) in [6.45, 7) is 1.62. The predicted molar refractivity (Wildman–Crippen MR) is 92.1 cm³/mol. The van der Waals surface area contributed by atoms with Crippen molar-refractivity contribution in [2.45, 2.75) is 32.2 Å². The molecule has 1 fully saturated rings. The van der Waals surface area contributed by atoms with Gasteiger partial charge in [-0.25, -0.2) is 0 Å². The van der Waals surface area contributed by atoms with E-state index in [-0.39, 0.29) is 43.3 Å². The number of likely N-dealkylation sites (tertiary alicyclic amines) is 1. The fraction of sp³-hybridized carbons (Fsp3) is 0.500. The number of nitrogens with one attached hydrogen (secondary N) is 1. The van der Waals surface area contributed by atoms with E-state index in [0.29, 0.717) is 44.0 Å². The lowest BCUT2D eigenvalue weighted by atomic mass is 9.96. The molecule has 1 saturated heterocycles. The first-order valence-corrected chi connectivity index (χ1v) is 8.75. The van der Waals surface area contributed by atoms with E-state index in [1.54, 1.807) is 4.90 Å². The third-order valence-corrected chi connectivity index (χ3v) is 4.74. The molecule has 0 saturated carbocycles. The van der Waals surface area contributed by atoms with Crippen LogP contribution < -0.4 is 20.5 Å². The molecule has 0 aliphatic carbocycles. The van der Waals surface area contributed by atoms with Crippen LogP contribution in [0.5, 0.6) is 11.5 Å². The molecule has 2 aliphatic rings. The molecule has 8 heteroatoms. The molecule has 0 bridgehead atoms. The number of carbonyl (C=O) groups excluding carboxylic acids is 3. The quantitative estimate of drug-likeness (QED) is 0.768. The Kier molecular flexibility index (Phi) is 5.60. The van der Waals surface area contributed by atoms with Crippen LogP contribution in [0.1, 0.15) is 31.2 Å². The third-order valence-electron chi connectivity index (χ3n) is 4.74. The number of rotatable bonds is 6. The van der Waals surface area contributed by atoms with Gasteiger partial charge >= 0.3 is 0 Å². The lowest BCUT2D eigenvalue weighted by molar-refractivity contribution is -0.136. The molecule has 0 unspecified atom stereocenters. The molecule has 2 heterocycles. The molecule has 1 aromatic rings. The number of fused-ring (bicyclic) bond motifs is 1. The lowest BCUT2D eigenvalue weighted by Crippen LogP contribution is -2.42. The van der Waals surface area contributed by atoms with E-state index in [2.05, 4.69) is 5.32 Å². The number of nitrogens with zero attached hydrogens (tertiary/aromatic N) is 1. The zero-order valence-corrected chi connectivity index (χ0v) is 14.5. The van der Waals surface area contributed by atoms with Crippen LogP contribution in [0.15, 0.2) is 18.2 Å². The van der Waals surface area contributed by atoms with Crippen LogP contribution in [0.25, 0.3) is 0 Å². The first-order valence-electron chi connectivity index (χ1n) is 8.75. The van der Waals surface area contributed by atoms with E-state index in [1.807, 2.05) is 18.2 Å². The second-order valence-corrected chi connectivity index (χ2v) is 6.52. The standard InChI is InChI=1S/C18H23N3O5/c19-18(24)13-5-7-21(8-6-13)17(23)4-3-16(22)20-10-12-1-2-14-15(9-12)26-11-25-14/h1-2,9,13H,3-8,10-11H2,(H2,19,24)(H,20,22). The van der Waals surface area contributed by atoms with Crippen LogP contribution in [-0.4, -0.2) is 42.5 Å². The highest BCUT2D eigenvalue weighted by Crippen LogP contribution is 2.32. The van der Waals surface area contributed by atoms with Crippen LogP contribution >= 0.6 is 0 Å². The first kappa shape index (κ1) is 18.0. The highest BCUT2D eigenvalue weighted by atomic mass is 16.7. The maximum atomic E-state index is 12.2. The minimum absolute atomic E-state index is 0.0638. The minimum atomic E-state index is -0.306. The van der Waals surface area contributed by atoms with Gasteiger partial charge < -0.3 is 25.4 Å². The zero-order valence-electron chi connectivity index (χ0n) is 14.5. The molecule has 0 radical (unpaired) electrons. The third kappa shape index (κ3) is 4.44. The van der Waals surface area contributed by atoms with Crippen molar-refractivity contribution in [2.75, 3.05) is 19.9 Å². The van der Waals surface area contributed by atoms with E-state index in [4.69, 9.17) is 15.2 Å². The van der Waals surface area contributed by atoms with Crippen LogP contribution in [-0.2, 0) is 20.9 Å². The summed E-state index contributed by atoms with van der Waals surface area (Å²) >= 11 is 0. The predicted octanol–water partition coefficient (Wildman–Crippen LogP) is 0.536. The summed E-state index contributed by atoms with van der Waals surface area (Å²) < 4.78 is 10.5. The maximum absolute atomic E-state index is 12.2. The highest BCUT2D eigenvalue weighted by molar-refractivity contribution is 5.84. The van der Waals surface area contributed by atoms with Crippen molar-refractivity contribution >= 4 is 17.7 Å². The average molecular weight is 361 g/mol. The average Bonchev–Trinajstić information content (AvgIpc) is 3.12. The molecule has 3 N–H and O–H groups in total. The van der Waals surface area contributed by atoms with Gasteiger partial charge in [0.25, 0.3) is 0 Å². The van der Waals surface area contributed by atoms with Gasteiger partial charge in [-0.05, 0) is 30.5 Å². The van der Waals surface area contributed by atoms with Crippen LogP contribution in [0.2, 0.25) is 0 Å². The molecule has 3 rings (SSSR count). The molecular weight excluding hydrogens is 338 g/mol. The van der Waals surface area contributed by atoms with Crippen molar-refractivity contribution in [3.05, 3.63) is 23.8 Å². The van der Waals surface area contributed by atoms with Crippen LogP contribution in [0.4, 0.5) is 0 Å². The Bertz CT molecular complexity index is 698. The van der Waals surface area contributed by atoms with Crippen molar-refractivity contribution in [1.82, 2.24) is 10.2 Å². The summed E-state index contributed by atoms with van der Waals surface area (Å²) in [7, 11) is 0. The topological polar surface area (TPSA) is 111 Å². The van der Waals surface area contributed by atoms with E-state index in [9.17, 15) is 14.4 Å². The second-order valence-electron chi connectivity index (χ2n) is 6.52. The number of ether oxygens (including phenoxy) is 2. The van der Waals surface area contributed by atoms with Gasteiger partial charge in [0.15, 0.2) is 11.5 Å². The molecule has 2 aliphatic heterocycles. The fourth-order valence-corrected chi connectivity index (χ4v) is 3.13.